The van der Waals surface area contributed by atoms with E-state index in [1.54, 1.807) is 0 Å². The van der Waals surface area contributed by atoms with Crippen molar-refractivity contribution in [3.8, 4) is 0 Å². The molecule has 0 atom stereocenters. The number of hydrogen-bond donors (Lipinski definition) is 0. The molecule has 0 aliphatic rings. The Hall–Kier alpha value is -0.780. The van der Waals surface area contributed by atoms with E-state index >= 15 is 0 Å². The third-order valence-corrected chi connectivity index (χ3v) is 2.19. The predicted octanol–water partition coefficient (Wildman–Crippen LogP) is 4.79. The maximum atomic E-state index is 2.25. The van der Waals surface area contributed by atoms with Gasteiger partial charge >= 0.3 is 0 Å². The van der Waals surface area contributed by atoms with Crippen LogP contribution in [0.4, 0.5) is 0 Å². The van der Waals surface area contributed by atoms with Gasteiger partial charge in [0.15, 0.2) is 0 Å². The summed E-state index contributed by atoms with van der Waals surface area (Å²) in [6, 6.07) is 8.99. The van der Waals surface area contributed by atoms with E-state index in [1.165, 1.54) is 24.0 Å². The lowest BCUT2D eigenvalue weighted by Crippen LogP contribution is -1.88. The van der Waals surface area contributed by atoms with Crippen molar-refractivity contribution in [1.29, 1.82) is 0 Å². The molecule has 0 nitrogen and oxygen atoms in total. The summed E-state index contributed by atoms with van der Waals surface area (Å²) in [4.78, 5) is 0. The summed E-state index contributed by atoms with van der Waals surface area (Å²) in [6.07, 6.45) is 2.44. The molecule has 0 N–H and O–H groups in total. The first-order chi connectivity index (χ1) is 6.74. The van der Waals surface area contributed by atoms with Gasteiger partial charge in [0, 0.05) is 0 Å². The first-order valence-electron chi connectivity index (χ1n) is 5.83. The lowest BCUT2D eigenvalue weighted by Gasteiger charge is -2.05. The maximum absolute atomic E-state index is 2.25. The van der Waals surface area contributed by atoms with Crippen LogP contribution in [0.25, 0.3) is 0 Å². The van der Waals surface area contributed by atoms with Crippen molar-refractivity contribution in [2.45, 2.75) is 53.4 Å². The quantitative estimate of drug-likeness (QED) is 0.646. The first-order valence-corrected chi connectivity index (χ1v) is 5.83. The molecule has 1 rings (SSSR count). The fourth-order valence-electron chi connectivity index (χ4n) is 1.36. The van der Waals surface area contributed by atoms with Crippen LogP contribution < -0.4 is 0 Å². The maximum Gasteiger partial charge on any atom is -0.0219 e. The van der Waals surface area contributed by atoms with Crippen molar-refractivity contribution in [3.63, 3.8) is 0 Å². The Morgan fingerprint density at radius 2 is 1.50 bits per heavy atom. The largest absolute Gasteiger partial charge is 0.0683 e. The molecule has 0 bridgehead atoms. The average Bonchev–Trinajstić information content (AvgIpc) is 2.22. The third kappa shape index (κ3) is 4.45. The Morgan fingerprint density at radius 1 is 1.00 bits per heavy atom. The molecule has 0 saturated heterocycles. The Bertz CT molecular complexity index is 218. The SMILES string of the molecule is CC.CCCc1ccc(C(C)C)cc1. The van der Waals surface area contributed by atoms with Crippen LogP contribution in [-0.2, 0) is 6.42 Å². The van der Waals surface area contributed by atoms with Crippen LogP contribution in [0.1, 0.15) is 58.1 Å². The molecule has 1 aromatic rings. The molecular formula is C14H24. The normalized spacial score (nSPS) is 9.57. The second-order valence-electron chi connectivity index (χ2n) is 3.65. The Morgan fingerprint density at radius 3 is 1.86 bits per heavy atom. The molecule has 0 heterocycles. The molecule has 0 spiro atoms. The summed E-state index contributed by atoms with van der Waals surface area (Å²) in [5.74, 6) is 0.653. The molecule has 0 radical (unpaired) electrons. The monoisotopic (exact) mass is 192 g/mol. The highest BCUT2D eigenvalue weighted by Crippen LogP contribution is 2.15. The molecule has 0 saturated carbocycles. The molecule has 0 heteroatoms. The molecule has 0 fully saturated rings. The number of benzene rings is 1. The number of aryl methyl sites for hydroxylation is 1. The summed E-state index contributed by atoms with van der Waals surface area (Å²) in [6.45, 7) is 10.7. The van der Waals surface area contributed by atoms with Gasteiger partial charge in [0.05, 0.1) is 0 Å². The van der Waals surface area contributed by atoms with Crippen molar-refractivity contribution in [3.05, 3.63) is 35.4 Å². The second-order valence-corrected chi connectivity index (χ2v) is 3.65. The van der Waals surface area contributed by atoms with Crippen LogP contribution in [0.2, 0.25) is 0 Å². The highest BCUT2D eigenvalue weighted by atomic mass is 14.0. The molecule has 0 amide bonds. The lowest BCUT2D eigenvalue weighted by molar-refractivity contribution is 0.861. The molecule has 80 valence electrons. The Balaban J connectivity index is 0.000000791. The molecule has 0 aliphatic heterocycles. The topological polar surface area (TPSA) is 0 Å². The summed E-state index contributed by atoms with van der Waals surface area (Å²) in [5.41, 5.74) is 2.90. The van der Waals surface area contributed by atoms with E-state index in [1.807, 2.05) is 13.8 Å². The fraction of sp³-hybridized carbons (Fsp3) is 0.571. The van der Waals surface area contributed by atoms with Crippen molar-refractivity contribution in [1.82, 2.24) is 0 Å². The van der Waals surface area contributed by atoms with E-state index in [0.29, 0.717) is 5.92 Å². The van der Waals surface area contributed by atoms with Gasteiger partial charge in [-0.15, -0.1) is 0 Å². The highest BCUT2D eigenvalue weighted by molar-refractivity contribution is 5.24. The minimum Gasteiger partial charge on any atom is -0.0683 e. The molecule has 0 aromatic heterocycles. The van der Waals surface area contributed by atoms with Crippen LogP contribution >= 0.6 is 0 Å². The van der Waals surface area contributed by atoms with E-state index in [0.717, 1.165) is 0 Å². The van der Waals surface area contributed by atoms with E-state index in [2.05, 4.69) is 45.0 Å². The van der Waals surface area contributed by atoms with Gasteiger partial charge in [0.2, 0.25) is 0 Å². The molecule has 1 aromatic carbocycles. The fourth-order valence-corrected chi connectivity index (χ4v) is 1.36. The zero-order valence-corrected chi connectivity index (χ0v) is 10.3. The van der Waals surface area contributed by atoms with E-state index < -0.39 is 0 Å². The molecule has 0 aliphatic carbocycles. The van der Waals surface area contributed by atoms with Crippen LogP contribution in [0, 0.1) is 0 Å². The highest BCUT2D eigenvalue weighted by Gasteiger charge is 1.97. The third-order valence-electron chi connectivity index (χ3n) is 2.19. The Kier molecular flexibility index (Phi) is 7.18. The van der Waals surface area contributed by atoms with E-state index in [-0.39, 0.29) is 0 Å². The van der Waals surface area contributed by atoms with Crippen molar-refractivity contribution >= 4 is 0 Å². The van der Waals surface area contributed by atoms with Gasteiger partial charge in [-0.3, -0.25) is 0 Å². The average molecular weight is 192 g/mol. The van der Waals surface area contributed by atoms with Crippen molar-refractivity contribution in [2.75, 3.05) is 0 Å². The van der Waals surface area contributed by atoms with Gasteiger partial charge in [-0.25, -0.2) is 0 Å². The predicted molar refractivity (Wildman–Crippen MR) is 65.9 cm³/mol. The van der Waals surface area contributed by atoms with Crippen LogP contribution in [-0.4, -0.2) is 0 Å². The van der Waals surface area contributed by atoms with E-state index in [9.17, 15) is 0 Å². The smallest absolute Gasteiger partial charge is 0.0219 e. The summed E-state index contributed by atoms with van der Waals surface area (Å²) >= 11 is 0. The summed E-state index contributed by atoms with van der Waals surface area (Å²) < 4.78 is 0. The standard InChI is InChI=1S/C12H18.C2H6/c1-4-5-11-6-8-12(9-7-11)10(2)3;1-2/h6-10H,4-5H2,1-3H3;1-2H3. The minimum absolute atomic E-state index is 0.653. The van der Waals surface area contributed by atoms with Gasteiger partial charge in [-0.2, -0.15) is 0 Å². The molecule has 14 heavy (non-hydrogen) atoms. The van der Waals surface area contributed by atoms with Crippen molar-refractivity contribution in [2.24, 2.45) is 0 Å². The van der Waals surface area contributed by atoms with E-state index in [4.69, 9.17) is 0 Å². The first kappa shape index (κ1) is 13.2. The van der Waals surface area contributed by atoms with Gasteiger partial charge in [0.1, 0.15) is 0 Å². The van der Waals surface area contributed by atoms with Gasteiger partial charge in [-0.05, 0) is 23.5 Å². The zero-order chi connectivity index (χ0) is 11.0. The van der Waals surface area contributed by atoms with Crippen LogP contribution in [0.5, 0.6) is 0 Å². The van der Waals surface area contributed by atoms with Gasteiger partial charge in [-0.1, -0.05) is 65.3 Å². The van der Waals surface area contributed by atoms with Gasteiger partial charge in [0.25, 0.3) is 0 Å². The van der Waals surface area contributed by atoms with Gasteiger partial charge < -0.3 is 0 Å². The Labute approximate surface area is 89.4 Å². The number of rotatable bonds is 3. The van der Waals surface area contributed by atoms with Crippen LogP contribution in [0.15, 0.2) is 24.3 Å². The summed E-state index contributed by atoms with van der Waals surface area (Å²) in [5, 5.41) is 0. The second kappa shape index (κ2) is 7.61. The van der Waals surface area contributed by atoms with Crippen molar-refractivity contribution < 1.29 is 0 Å². The minimum atomic E-state index is 0.653. The lowest BCUT2D eigenvalue weighted by atomic mass is 10.0. The van der Waals surface area contributed by atoms with Crippen LogP contribution in [0.3, 0.4) is 0 Å². The zero-order valence-electron chi connectivity index (χ0n) is 10.3. The summed E-state index contributed by atoms with van der Waals surface area (Å²) in [7, 11) is 0. The molecule has 0 unspecified atom stereocenters. The molecular weight excluding hydrogens is 168 g/mol. The number of hydrogen-bond acceptors (Lipinski definition) is 0.